The van der Waals surface area contributed by atoms with Crippen LogP contribution in [-0.2, 0) is 7.05 Å². The molecular formula is C13H14N4O5. The Kier molecular flexibility index (Phi) is 3.69. The average Bonchev–Trinajstić information content (AvgIpc) is 3.10. The molecule has 3 rings (SSSR count). The molecule has 116 valence electrons. The second-order valence-corrected chi connectivity index (χ2v) is 4.58. The van der Waals surface area contributed by atoms with Gasteiger partial charge in [-0.05, 0) is 22.0 Å². The van der Waals surface area contributed by atoms with E-state index in [9.17, 15) is 10.1 Å². The van der Waals surface area contributed by atoms with Crippen molar-refractivity contribution >= 4 is 11.6 Å². The Balaban J connectivity index is 1.54. The van der Waals surface area contributed by atoms with Crippen molar-refractivity contribution in [3.63, 3.8) is 0 Å². The van der Waals surface area contributed by atoms with Crippen molar-refractivity contribution in [2.45, 2.75) is 0 Å². The number of rotatable bonds is 6. The molecule has 1 aromatic carbocycles. The van der Waals surface area contributed by atoms with Gasteiger partial charge in [-0.25, -0.2) is 0 Å². The molecule has 0 atom stereocenters. The Morgan fingerprint density at radius 2 is 2.27 bits per heavy atom. The fraction of sp³-hybridized carbons (Fsp3) is 0.308. The van der Waals surface area contributed by atoms with Crippen LogP contribution >= 0.6 is 0 Å². The van der Waals surface area contributed by atoms with Crippen molar-refractivity contribution < 1.29 is 19.1 Å². The molecular weight excluding hydrogens is 292 g/mol. The Morgan fingerprint density at radius 1 is 1.45 bits per heavy atom. The molecule has 2 heterocycles. The van der Waals surface area contributed by atoms with Crippen molar-refractivity contribution in [3.8, 4) is 17.2 Å². The molecule has 0 fully saturated rings. The van der Waals surface area contributed by atoms with Gasteiger partial charge in [0.25, 0.3) is 0 Å². The predicted octanol–water partition coefficient (Wildman–Crippen LogP) is 1.55. The molecule has 0 bridgehead atoms. The summed E-state index contributed by atoms with van der Waals surface area (Å²) in [5.41, 5.74) is 0. The molecule has 0 radical (unpaired) electrons. The molecule has 0 unspecified atom stereocenters. The van der Waals surface area contributed by atoms with E-state index in [2.05, 4.69) is 10.3 Å². The van der Waals surface area contributed by atoms with Crippen LogP contribution in [0.15, 0.2) is 24.5 Å². The molecule has 2 aromatic rings. The van der Waals surface area contributed by atoms with E-state index in [-0.39, 0.29) is 12.6 Å². The maximum absolute atomic E-state index is 10.8. The van der Waals surface area contributed by atoms with Gasteiger partial charge in [-0.2, -0.15) is 0 Å². The van der Waals surface area contributed by atoms with Gasteiger partial charge >= 0.3 is 5.82 Å². The molecule has 0 saturated carbocycles. The van der Waals surface area contributed by atoms with Crippen LogP contribution in [-0.4, -0.2) is 34.4 Å². The van der Waals surface area contributed by atoms with Crippen LogP contribution in [0, 0.1) is 10.1 Å². The Bertz CT molecular complexity index is 700. The zero-order chi connectivity index (χ0) is 15.5. The number of nitrogens with zero attached hydrogens (tertiary/aromatic N) is 3. The molecule has 1 aliphatic heterocycles. The van der Waals surface area contributed by atoms with Gasteiger partial charge in [-0.3, -0.25) is 4.57 Å². The summed E-state index contributed by atoms with van der Waals surface area (Å²) in [7, 11) is 1.68. The van der Waals surface area contributed by atoms with Crippen molar-refractivity contribution in [2.75, 3.05) is 25.3 Å². The standard InChI is InChI=1S/C13H14N4O5/c1-16-7-15-13(17(18)19)12(16)14-4-5-20-9-2-3-10-11(6-9)22-8-21-10/h2-3,6-7,14H,4-5,8H2,1H3. The van der Waals surface area contributed by atoms with Crippen molar-refractivity contribution in [2.24, 2.45) is 7.05 Å². The van der Waals surface area contributed by atoms with Gasteiger partial charge in [0.15, 0.2) is 11.5 Å². The third-order valence-electron chi connectivity index (χ3n) is 3.10. The first-order chi connectivity index (χ1) is 10.6. The second-order valence-electron chi connectivity index (χ2n) is 4.58. The SMILES string of the molecule is Cn1cnc([N+](=O)[O-])c1NCCOc1ccc2c(c1)OCO2. The lowest BCUT2D eigenvalue weighted by atomic mass is 10.3. The third kappa shape index (κ3) is 2.73. The summed E-state index contributed by atoms with van der Waals surface area (Å²) in [6, 6.07) is 5.30. The summed E-state index contributed by atoms with van der Waals surface area (Å²) in [4.78, 5) is 14.0. The van der Waals surface area contributed by atoms with E-state index in [0.717, 1.165) is 0 Å². The molecule has 0 aliphatic carbocycles. The van der Waals surface area contributed by atoms with Crippen LogP contribution in [0.5, 0.6) is 17.2 Å². The van der Waals surface area contributed by atoms with E-state index >= 15 is 0 Å². The number of anilines is 1. The number of hydrogen-bond donors (Lipinski definition) is 1. The van der Waals surface area contributed by atoms with E-state index in [1.165, 1.54) is 6.33 Å². The molecule has 1 N–H and O–H groups in total. The highest BCUT2D eigenvalue weighted by molar-refractivity contribution is 5.52. The largest absolute Gasteiger partial charge is 0.492 e. The van der Waals surface area contributed by atoms with E-state index in [1.807, 2.05) is 0 Å². The maximum Gasteiger partial charge on any atom is 0.406 e. The minimum absolute atomic E-state index is 0.203. The van der Waals surface area contributed by atoms with Crippen LogP contribution in [0.3, 0.4) is 0 Å². The summed E-state index contributed by atoms with van der Waals surface area (Å²) in [6.45, 7) is 0.946. The number of fused-ring (bicyclic) bond motifs is 1. The minimum Gasteiger partial charge on any atom is -0.492 e. The second kappa shape index (κ2) is 5.80. The lowest BCUT2D eigenvalue weighted by molar-refractivity contribution is -0.388. The minimum atomic E-state index is -0.527. The number of aryl methyl sites for hydroxylation is 1. The highest BCUT2D eigenvalue weighted by atomic mass is 16.7. The number of hydrogen-bond acceptors (Lipinski definition) is 7. The zero-order valence-electron chi connectivity index (χ0n) is 11.8. The summed E-state index contributed by atoms with van der Waals surface area (Å²) >= 11 is 0. The highest BCUT2D eigenvalue weighted by Crippen LogP contribution is 2.35. The highest BCUT2D eigenvalue weighted by Gasteiger charge is 2.19. The molecule has 0 spiro atoms. The molecule has 9 nitrogen and oxygen atoms in total. The van der Waals surface area contributed by atoms with Gasteiger partial charge in [-0.1, -0.05) is 0 Å². The normalized spacial score (nSPS) is 12.2. The van der Waals surface area contributed by atoms with Crippen LogP contribution in [0.2, 0.25) is 0 Å². The summed E-state index contributed by atoms with van der Waals surface area (Å²) < 4.78 is 17.6. The van der Waals surface area contributed by atoms with E-state index < -0.39 is 4.92 Å². The first kappa shape index (κ1) is 14.0. The number of ether oxygens (including phenoxy) is 3. The van der Waals surface area contributed by atoms with Gasteiger partial charge < -0.3 is 29.6 Å². The lowest BCUT2D eigenvalue weighted by Crippen LogP contribution is -2.14. The van der Waals surface area contributed by atoms with Crippen molar-refractivity contribution in [3.05, 3.63) is 34.6 Å². The number of imidazole rings is 1. The van der Waals surface area contributed by atoms with Crippen LogP contribution in [0.1, 0.15) is 0 Å². The zero-order valence-corrected chi connectivity index (χ0v) is 11.8. The Morgan fingerprint density at radius 3 is 3.09 bits per heavy atom. The van der Waals surface area contributed by atoms with Crippen LogP contribution in [0.25, 0.3) is 0 Å². The molecule has 1 aliphatic rings. The average molecular weight is 306 g/mol. The fourth-order valence-electron chi connectivity index (χ4n) is 2.06. The smallest absolute Gasteiger partial charge is 0.406 e. The van der Waals surface area contributed by atoms with Gasteiger partial charge in [0.1, 0.15) is 12.4 Å². The van der Waals surface area contributed by atoms with E-state index in [1.54, 1.807) is 29.8 Å². The summed E-state index contributed by atoms with van der Waals surface area (Å²) in [5, 5.41) is 13.8. The number of aromatic nitrogens is 2. The van der Waals surface area contributed by atoms with E-state index in [4.69, 9.17) is 14.2 Å². The molecule has 0 amide bonds. The van der Waals surface area contributed by atoms with Gasteiger partial charge in [-0.15, -0.1) is 0 Å². The fourth-order valence-corrected chi connectivity index (χ4v) is 2.06. The molecule has 1 aromatic heterocycles. The van der Waals surface area contributed by atoms with Gasteiger partial charge in [0.2, 0.25) is 18.9 Å². The first-order valence-electron chi connectivity index (χ1n) is 6.57. The summed E-state index contributed by atoms with van der Waals surface area (Å²) in [5.74, 6) is 2.12. The maximum atomic E-state index is 10.8. The Hall–Kier alpha value is -2.97. The van der Waals surface area contributed by atoms with Crippen molar-refractivity contribution in [1.29, 1.82) is 0 Å². The van der Waals surface area contributed by atoms with Crippen LogP contribution in [0.4, 0.5) is 11.6 Å². The molecule has 0 saturated heterocycles. The Labute approximate surface area is 125 Å². The quantitative estimate of drug-likeness (QED) is 0.491. The van der Waals surface area contributed by atoms with Gasteiger partial charge in [0.05, 0.1) is 6.54 Å². The van der Waals surface area contributed by atoms with Gasteiger partial charge in [0, 0.05) is 13.1 Å². The number of benzene rings is 1. The molecule has 9 heteroatoms. The van der Waals surface area contributed by atoms with Crippen molar-refractivity contribution in [1.82, 2.24) is 9.55 Å². The third-order valence-corrected chi connectivity index (χ3v) is 3.10. The topological polar surface area (TPSA) is 101 Å². The number of nitrogens with one attached hydrogen (secondary N) is 1. The van der Waals surface area contributed by atoms with E-state index in [0.29, 0.717) is 36.2 Å². The predicted molar refractivity (Wildman–Crippen MR) is 76.4 cm³/mol. The van der Waals surface area contributed by atoms with Crippen LogP contribution < -0.4 is 19.5 Å². The lowest BCUT2D eigenvalue weighted by Gasteiger charge is -2.09. The summed E-state index contributed by atoms with van der Waals surface area (Å²) in [6.07, 6.45) is 1.39. The first-order valence-corrected chi connectivity index (χ1v) is 6.57. The number of nitro groups is 1. The monoisotopic (exact) mass is 306 g/mol. The molecule has 22 heavy (non-hydrogen) atoms.